The molecule has 0 unspecified atom stereocenters. The highest BCUT2D eigenvalue weighted by Gasteiger charge is 2.17. The van der Waals surface area contributed by atoms with E-state index >= 15 is 0 Å². The zero-order valence-corrected chi connectivity index (χ0v) is 8.34. The summed E-state index contributed by atoms with van der Waals surface area (Å²) in [6.45, 7) is 0. The van der Waals surface area contributed by atoms with Gasteiger partial charge in [-0.05, 0) is 18.2 Å². The molecule has 0 spiro atoms. The van der Waals surface area contributed by atoms with Crippen molar-refractivity contribution in [3.8, 4) is 0 Å². The van der Waals surface area contributed by atoms with Gasteiger partial charge < -0.3 is 14.6 Å². The fourth-order valence-corrected chi connectivity index (χ4v) is 1.45. The highest BCUT2D eigenvalue weighted by atomic mass is 16.4. The minimum absolute atomic E-state index is 0.145. The number of carboxylic acids is 2. The van der Waals surface area contributed by atoms with Crippen LogP contribution in [0.1, 0.15) is 20.7 Å². The van der Waals surface area contributed by atoms with Crippen LogP contribution in [0.15, 0.2) is 33.7 Å². The minimum Gasteiger partial charge on any atom is -0.478 e. The molecule has 17 heavy (non-hydrogen) atoms. The number of aromatic carboxylic acids is 2. The quantitative estimate of drug-likeness (QED) is 0.808. The second-order valence-electron chi connectivity index (χ2n) is 3.30. The largest absolute Gasteiger partial charge is 0.478 e. The Labute approximate surface area is 93.7 Å². The lowest BCUT2D eigenvalue weighted by Crippen LogP contribution is -2.19. The number of hydrogen-bond acceptors (Lipinski definition) is 4. The van der Waals surface area contributed by atoms with Gasteiger partial charge in [0.15, 0.2) is 0 Å². The van der Waals surface area contributed by atoms with Gasteiger partial charge in [-0.2, -0.15) is 0 Å². The van der Waals surface area contributed by atoms with Crippen molar-refractivity contribution in [3.05, 3.63) is 45.8 Å². The Morgan fingerprint density at radius 2 is 1.65 bits per heavy atom. The molecule has 0 aliphatic rings. The van der Waals surface area contributed by atoms with Crippen LogP contribution in [-0.2, 0) is 0 Å². The molecule has 0 fully saturated rings. The predicted molar refractivity (Wildman–Crippen MR) is 56.4 cm³/mol. The van der Waals surface area contributed by atoms with Crippen LogP contribution in [0.25, 0.3) is 11.0 Å². The van der Waals surface area contributed by atoms with E-state index in [-0.39, 0.29) is 5.58 Å². The lowest BCUT2D eigenvalue weighted by Gasteiger charge is -1.89. The van der Waals surface area contributed by atoms with Crippen molar-refractivity contribution in [1.29, 1.82) is 0 Å². The van der Waals surface area contributed by atoms with Crippen molar-refractivity contribution in [2.75, 3.05) is 0 Å². The van der Waals surface area contributed by atoms with Crippen LogP contribution in [0.3, 0.4) is 0 Å². The first-order valence-corrected chi connectivity index (χ1v) is 4.53. The van der Waals surface area contributed by atoms with Crippen LogP contribution in [0.5, 0.6) is 0 Å². The fourth-order valence-electron chi connectivity index (χ4n) is 1.45. The van der Waals surface area contributed by atoms with Gasteiger partial charge in [-0.1, -0.05) is 0 Å². The Balaban J connectivity index is 3.00. The van der Waals surface area contributed by atoms with Crippen LogP contribution in [0.2, 0.25) is 0 Å². The molecule has 0 aliphatic carbocycles. The summed E-state index contributed by atoms with van der Waals surface area (Å²) in [4.78, 5) is 33.4. The molecule has 2 aromatic rings. The number of rotatable bonds is 2. The standard InChI is InChI=1S/C11H6O6/c12-9-6(10(13)14)3-5-1-2-17-8(5)4-7(9)11(15)16/h1-4H,(H,13,14)(H,15,16). The third-order valence-electron chi connectivity index (χ3n) is 2.25. The van der Waals surface area contributed by atoms with Crippen molar-refractivity contribution in [2.24, 2.45) is 0 Å². The molecule has 6 heteroatoms. The third-order valence-corrected chi connectivity index (χ3v) is 2.25. The van der Waals surface area contributed by atoms with E-state index in [1.807, 2.05) is 0 Å². The number of carbonyl (C=O) groups is 2. The molecule has 1 aromatic carbocycles. The van der Waals surface area contributed by atoms with Gasteiger partial charge in [0.1, 0.15) is 16.7 Å². The highest BCUT2D eigenvalue weighted by molar-refractivity contribution is 5.97. The molecule has 1 aromatic heterocycles. The number of hydrogen-bond donors (Lipinski definition) is 2. The lowest BCUT2D eigenvalue weighted by atomic mass is 10.2. The number of furan rings is 1. The minimum atomic E-state index is -1.49. The zero-order chi connectivity index (χ0) is 12.6. The molecule has 2 N–H and O–H groups in total. The summed E-state index contributed by atoms with van der Waals surface area (Å²) >= 11 is 0. The highest BCUT2D eigenvalue weighted by Crippen LogP contribution is 2.15. The maximum Gasteiger partial charge on any atom is 0.339 e. The molecule has 0 saturated carbocycles. The van der Waals surface area contributed by atoms with E-state index < -0.39 is 28.5 Å². The predicted octanol–water partition coefficient (Wildman–Crippen LogP) is 1.19. The van der Waals surface area contributed by atoms with E-state index in [2.05, 4.69) is 0 Å². The van der Waals surface area contributed by atoms with E-state index in [0.717, 1.165) is 12.1 Å². The molecule has 2 rings (SSSR count). The second kappa shape index (κ2) is 3.75. The summed E-state index contributed by atoms with van der Waals surface area (Å²) in [5.74, 6) is -2.97. The van der Waals surface area contributed by atoms with Gasteiger partial charge in [-0.15, -0.1) is 0 Å². The van der Waals surface area contributed by atoms with E-state index in [1.165, 1.54) is 12.3 Å². The van der Waals surface area contributed by atoms with Gasteiger partial charge in [0.05, 0.1) is 6.26 Å². The van der Waals surface area contributed by atoms with Crippen molar-refractivity contribution < 1.29 is 24.2 Å². The SMILES string of the molecule is O=C(O)c1cc2ccoc2cc(C(=O)O)c1=O. The van der Waals surface area contributed by atoms with Crippen LogP contribution >= 0.6 is 0 Å². The van der Waals surface area contributed by atoms with Gasteiger partial charge in [0, 0.05) is 5.39 Å². The maximum absolute atomic E-state index is 11.7. The molecule has 6 nitrogen and oxygen atoms in total. The van der Waals surface area contributed by atoms with Crippen LogP contribution < -0.4 is 5.43 Å². The van der Waals surface area contributed by atoms with E-state index in [0.29, 0.717) is 5.39 Å². The Bertz CT molecular complexity index is 627. The maximum atomic E-state index is 11.7. The first-order valence-electron chi connectivity index (χ1n) is 4.53. The van der Waals surface area contributed by atoms with Crippen molar-refractivity contribution in [2.45, 2.75) is 0 Å². The molecular formula is C11H6O6. The molecule has 0 saturated heterocycles. The fraction of sp³-hybridized carbons (Fsp3) is 0. The van der Waals surface area contributed by atoms with Crippen LogP contribution in [0, 0.1) is 0 Å². The molecule has 0 atom stereocenters. The zero-order valence-electron chi connectivity index (χ0n) is 8.34. The van der Waals surface area contributed by atoms with Gasteiger partial charge in [0.25, 0.3) is 0 Å². The molecule has 1 heterocycles. The Hall–Kier alpha value is -2.63. The normalized spacial score (nSPS) is 10.4. The van der Waals surface area contributed by atoms with Gasteiger partial charge in [0.2, 0.25) is 5.43 Å². The number of carboxylic acid groups (broad SMARTS) is 2. The summed E-state index contributed by atoms with van der Waals surface area (Å²) in [5, 5.41) is 18.1. The summed E-state index contributed by atoms with van der Waals surface area (Å²) in [7, 11) is 0. The molecule has 0 radical (unpaired) electrons. The summed E-state index contributed by atoms with van der Waals surface area (Å²) < 4.78 is 4.96. The molecule has 0 aliphatic heterocycles. The summed E-state index contributed by atoms with van der Waals surface area (Å²) in [5.41, 5.74) is -2.13. The summed E-state index contributed by atoms with van der Waals surface area (Å²) in [6, 6.07) is 3.56. The van der Waals surface area contributed by atoms with Crippen LogP contribution in [-0.4, -0.2) is 22.2 Å². The van der Waals surface area contributed by atoms with Crippen LogP contribution in [0.4, 0.5) is 0 Å². The first kappa shape index (κ1) is 10.9. The molecule has 0 bridgehead atoms. The smallest absolute Gasteiger partial charge is 0.339 e. The lowest BCUT2D eigenvalue weighted by molar-refractivity contribution is 0.0695. The topological polar surface area (TPSA) is 105 Å². The van der Waals surface area contributed by atoms with Crippen molar-refractivity contribution in [1.82, 2.24) is 0 Å². The van der Waals surface area contributed by atoms with E-state index in [4.69, 9.17) is 14.6 Å². The molecular weight excluding hydrogens is 228 g/mol. The Morgan fingerprint density at radius 1 is 1.06 bits per heavy atom. The second-order valence-corrected chi connectivity index (χ2v) is 3.30. The van der Waals surface area contributed by atoms with Crippen molar-refractivity contribution >= 4 is 22.9 Å². The average Bonchev–Trinajstić information content (AvgIpc) is 2.62. The van der Waals surface area contributed by atoms with Gasteiger partial charge >= 0.3 is 11.9 Å². The van der Waals surface area contributed by atoms with Gasteiger partial charge in [-0.3, -0.25) is 4.79 Å². The molecule has 0 amide bonds. The monoisotopic (exact) mass is 234 g/mol. The Kier molecular flexibility index (Phi) is 2.40. The average molecular weight is 234 g/mol. The van der Waals surface area contributed by atoms with E-state index in [1.54, 1.807) is 0 Å². The number of fused-ring (bicyclic) bond motifs is 1. The Morgan fingerprint density at radius 3 is 2.24 bits per heavy atom. The van der Waals surface area contributed by atoms with Gasteiger partial charge in [-0.25, -0.2) is 9.59 Å². The first-order chi connectivity index (χ1) is 8.00. The summed E-state index contributed by atoms with van der Waals surface area (Å²) in [6.07, 6.45) is 1.28. The van der Waals surface area contributed by atoms with Crippen molar-refractivity contribution in [3.63, 3.8) is 0 Å². The van der Waals surface area contributed by atoms with E-state index in [9.17, 15) is 14.4 Å². The molecule has 86 valence electrons. The third kappa shape index (κ3) is 1.76.